The van der Waals surface area contributed by atoms with Crippen molar-refractivity contribution in [2.45, 2.75) is 12.8 Å². The zero-order valence-corrected chi connectivity index (χ0v) is 9.88. The van der Waals surface area contributed by atoms with Crippen LogP contribution in [0.25, 0.3) is 10.9 Å². The lowest BCUT2D eigenvalue weighted by Crippen LogP contribution is -2.19. The molecule has 0 aliphatic carbocycles. The fourth-order valence-corrected chi connectivity index (χ4v) is 1.82. The number of rotatable bonds is 4. The molecule has 0 spiro atoms. The van der Waals surface area contributed by atoms with Crippen LogP contribution in [-0.2, 0) is 16.0 Å². The van der Waals surface area contributed by atoms with Crippen LogP contribution in [-0.4, -0.2) is 25.1 Å². The Bertz CT molecular complexity index is 550. The van der Waals surface area contributed by atoms with Gasteiger partial charge in [-0.2, -0.15) is 5.26 Å². The van der Waals surface area contributed by atoms with Crippen LogP contribution in [0.5, 0.6) is 0 Å². The molecule has 2 aromatic rings. The molecule has 17 heavy (non-hydrogen) atoms. The Kier molecular flexibility index (Phi) is 3.43. The van der Waals surface area contributed by atoms with Crippen LogP contribution in [0.3, 0.4) is 0 Å². The highest BCUT2D eigenvalue weighted by Crippen LogP contribution is 2.18. The average molecular weight is 230 g/mol. The molecule has 0 unspecified atom stereocenters. The van der Waals surface area contributed by atoms with E-state index in [0.717, 1.165) is 10.9 Å². The molecule has 2 rings (SSSR count). The molecule has 88 valence electrons. The molecule has 4 heteroatoms. The third-order valence-corrected chi connectivity index (χ3v) is 2.77. The van der Waals surface area contributed by atoms with Gasteiger partial charge in [-0.05, 0) is 23.6 Å². The second-order valence-corrected chi connectivity index (χ2v) is 3.75. The first kappa shape index (κ1) is 11.6. The zero-order chi connectivity index (χ0) is 12.3. The van der Waals surface area contributed by atoms with E-state index >= 15 is 0 Å². The zero-order valence-electron chi connectivity index (χ0n) is 9.88. The highest BCUT2D eigenvalue weighted by molar-refractivity contribution is 5.81. The molecule has 0 aliphatic heterocycles. The van der Waals surface area contributed by atoms with E-state index in [9.17, 15) is 0 Å². The van der Waals surface area contributed by atoms with E-state index in [2.05, 4.69) is 6.07 Å². The van der Waals surface area contributed by atoms with Crippen molar-refractivity contribution in [3.05, 3.63) is 36.0 Å². The van der Waals surface area contributed by atoms with E-state index in [1.54, 1.807) is 14.2 Å². The van der Waals surface area contributed by atoms with Gasteiger partial charge in [0.05, 0.1) is 18.2 Å². The van der Waals surface area contributed by atoms with E-state index < -0.39 is 0 Å². The first-order valence-electron chi connectivity index (χ1n) is 5.33. The maximum atomic E-state index is 8.89. The van der Waals surface area contributed by atoms with Gasteiger partial charge in [0.15, 0.2) is 6.29 Å². The highest BCUT2D eigenvalue weighted by Gasteiger charge is 2.08. The molecule has 1 aromatic heterocycles. The molecule has 0 saturated carbocycles. The molecule has 0 atom stereocenters. The lowest BCUT2D eigenvalue weighted by molar-refractivity contribution is -0.110. The summed E-state index contributed by atoms with van der Waals surface area (Å²) in [4.78, 5) is 0. The van der Waals surface area contributed by atoms with Crippen LogP contribution in [0.4, 0.5) is 0 Å². The SMILES string of the molecule is COC(Cn1ccc2ccc(C#N)cc21)OC. The summed E-state index contributed by atoms with van der Waals surface area (Å²) in [5.41, 5.74) is 1.67. The first-order valence-corrected chi connectivity index (χ1v) is 5.33. The van der Waals surface area contributed by atoms with Gasteiger partial charge in [-0.1, -0.05) is 6.07 Å². The highest BCUT2D eigenvalue weighted by atomic mass is 16.7. The second kappa shape index (κ2) is 5.00. The van der Waals surface area contributed by atoms with E-state index in [-0.39, 0.29) is 6.29 Å². The quantitative estimate of drug-likeness (QED) is 0.756. The Labute approximate surface area is 100.0 Å². The molecular formula is C13H14N2O2. The Morgan fingerprint density at radius 2 is 2.06 bits per heavy atom. The monoisotopic (exact) mass is 230 g/mol. The van der Waals surface area contributed by atoms with Crippen LogP contribution in [0.15, 0.2) is 30.5 Å². The molecule has 0 aliphatic rings. The molecule has 0 amide bonds. The number of fused-ring (bicyclic) bond motifs is 1. The third kappa shape index (κ3) is 2.31. The standard InChI is InChI=1S/C13H14N2O2/c1-16-13(17-2)9-15-6-5-11-4-3-10(8-14)7-12(11)15/h3-7,13H,9H2,1-2H3. The van der Waals surface area contributed by atoms with Crippen LogP contribution in [0, 0.1) is 11.3 Å². The van der Waals surface area contributed by atoms with E-state index in [0.29, 0.717) is 12.1 Å². The summed E-state index contributed by atoms with van der Waals surface area (Å²) in [6, 6.07) is 9.79. The first-order chi connectivity index (χ1) is 8.28. The smallest absolute Gasteiger partial charge is 0.174 e. The molecule has 0 fully saturated rings. The van der Waals surface area contributed by atoms with E-state index in [1.165, 1.54) is 0 Å². The summed E-state index contributed by atoms with van der Waals surface area (Å²) in [5, 5.41) is 10.00. The lowest BCUT2D eigenvalue weighted by Gasteiger charge is -2.14. The van der Waals surface area contributed by atoms with Crippen LogP contribution < -0.4 is 0 Å². The topological polar surface area (TPSA) is 47.2 Å². The molecule has 1 heterocycles. The van der Waals surface area contributed by atoms with Crippen molar-refractivity contribution in [2.24, 2.45) is 0 Å². The van der Waals surface area contributed by atoms with Crippen molar-refractivity contribution in [1.82, 2.24) is 4.57 Å². The number of hydrogen-bond acceptors (Lipinski definition) is 3. The minimum absolute atomic E-state index is 0.281. The molecule has 4 nitrogen and oxygen atoms in total. The number of aromatic nitrogens is 1. The van der Waals surface area contributed by atoms with Crippen molar-refractivity contribution in [2.75, 3.05) is 14.2 Å². The summed E-state index contributed by atoms with van der Waals surface area (Å²) < 4.78 is 12.4. The number of methoxy groups -OCH3 is 2. The van der Waals surface area contributed by atoms with Gasteiger partial charge in [0.25, 0.3) is 0 Å². The Hall–Kier alpha value is -1.83. The number of hydrogen-bond donors (Lipinski definition) is 0. The van der Waals surface area contributed by atoms with Gasteiger partial charge in [0, 0.05) is 25.9 Å². The van der Waals surface area contributed by atoms with Gasteiger partial charge in [0.2, 0.25) is 0 Å². The van der Waals surface area contributed by atoms with Crippen molar-refractivity contribution in [1.29, 1.82) is 5.26 Å². The summed E-state index contributed by atoms with van der Waals surface area (Å²) >= 11 is 0. The fraction of sp³-hybridized carbons (Fsp3) is 0.308. The second-order valence-electron chi connectivity index (χ2n) is 3.75. The van der Waals surface area contributed by atoms with Gasteiger partial charge in [-0.15, -0.1) is 0 Å². The fourth-order valence-electron chi connectivity index (χ4n) is 1.82. The third-order valence-electron chi connectivity index (χ3n) is 2.77. The lowest BCUT2D eigenvalue weighted by atomic mass is 10.2. The number of nitriles is 1. The number of ether oxygens (including phenoxy) is 2. The predicted octanol–water partition coefficient (Wildman–Crippen LogP) is 2.13. The van der Waals surface area contributed by atoms with Crippen molar-refractivity contribution in [3.8, 4) is 6.07 Å². The molecule has 1 aromatic carbocycles. The van der Waals surface area contributed by atoms with Crippen molar-refractivity contribution in [3.63, 3.8) is 0 Å². The average Bonchev–Trinajstić information content (AvgIpc) is 2.78. The van der Waals surface area contributed by atoms with Gasteiger partial charge in [-0.3, -0.25) is 0 Å². The normalized spacial score (nSPS) is 10.9. The van der Waals surface area contributed by atoms with Gasteiger partial charge in [-0.25, -0.2) is 0 Å². The van der Waals surface area contributed by atoms with Gasteiger partial charge >= 0.3 is 0 Å². The summed E-state index contributed by atoms with van der Waals surface area (Å²) in [7, 11) is 3.22. The van der Waals surface area contributed by atoms with Crippen LogP contribution >= 0.6 is 0 Å². The summed E-state index contributed by atoms with van der Waals surface area (Å²) in [5.74, 6) is 0. The number of nitrogens with zero attached hydrogens (tertiary/aromatic N) is 2. The van der Waals surface area contributed by atoms with Crippen molar-refractivity contribution >= 4 is 10.9 Å². The Morgan fingerprint density at radius 1 is 1.29 bits per heavy atom. The molecular weight excluding hydrogens is 216 g/mol. The van der Waals surface area contributed by atoms with Crippen molar-refractivity contribution < 1.29 is 9.47 Å². The van der Waals surface area contributed by atoms with E-state index in [4.69, 9.17) is 14.7 Å². The Morgan fingerprint density at radius 3 is 2.71 bits per heavy atom. The minimum atomic E-state index is -0.281. The van der Waals surface area contributed by atoms with Gasteiger partial charge < -0.3 is 14.0 Å². The Balaban J connectivity index is 2.37. The summed E-state index contributed by atoms with van der Waals surface area (Å²) in [6.45, 7) is 0.603. The molecule has 0 N–H and O–H groups in total. The molecule has 0 saturated heterocycles. The maximum Gasteiger partial charge on any atom is 0.174 e. The van der Waals surface area contributed by atoms with Crippen LogP contribution in [0.2, 0.25) is 0 Å². The molecule has 0 bridgehead atoms. The number of benzene rings is 1. The molecule has 0 radical (unpaired) electrons. The predicted molar refractivity (Wildman–Crippen MR) is 64.5 cm³/mol. The minimum Gasteiger partial charge on any atom is -0.354 e. The van der Waals surface area contributed by atoms with Crippen LogP contribution in [0.1, 0.15) is 5.56 Å². The maximum absolute atomic E-state index is 8.89. The van der Waals surface area contributed by atoms with Gasteiger partial charge in [0.1, 0.15) is 0 Å². The largest absolute Gasteiger partial charge is 0.354 e. The summed E-state index contributed by atoms with van der Waals surface area (Å²) in [6.07, 6.45) is 1.69. The van der Waals surface area contributed by atoms with E-state index in [1.807, 2.05) is 35.0 Å².